The first-order valence-corrected chi connectivity index (χ1v) is 10.7. The molecule has 0 atom stereocenters. The van der Waals surface area contributed by atoms with Gasteiger partial charge >= 0.3 is 0 Å². The first-order chi connectivity index (χ1) is 13.0. The van der Waals surface area contributed by atoms with Crippen molar-refractivity contribution >= 4 is 10.0 Å². The van der Waals surface area contributed by atoms with E-state index in [0.717, 1.165) is 25.7 Å². The molecule has 4 rings (SSSR count). The summed E-state index contributed by atoms with van der Waals surface area (Å²) in [7, 11) is -3.81. The third-order valence-electron chi connectivity index (χ3n) is 5.07. The number of aromatic nitrogens is 2. The van der Waals surface area contributed by atoms with Gasteiger partial charge in [-0.15, -0.1) is 0 Å². The van der Waals surface area contributed by atoms with E-state index < -0.39 is 15.6 Å². The number of ether oxygens (including phenoxy) is 2. The van der Waals surface area contributed by atoms with Crippen LogP contribution in [0.2, 0.25) is 0 Å². The van der Waals surface area contributed by atoms with E-state index in [9.17, 15) is 8.42 Å². The first-order valence-electron chi connectivity index (χ1n) is 9.23. The van der Waals surface area contributed by atoms with Crippen molar-refractivity contribution in [2.24, 2.45) is 0 Å². The van der Waals surface area contributed by atoms with Crippen LogP contribution in [0.4, 0.5) is 0 Å². The van der Waals surface area contributed by atoms with Gasteiger partial charge in [0.2, 0.25) is 15.9 Å². The normalized spacial score (nSPS) is 19.4. The van der Waals surface area contributed by atoms with E-state index in [1.807, 2.05) is 0 Å². The lowest BCUT2D eigenvalue weighted by molar-refractivity contribution is 0.171. The fraction of sp³-hybridized carbons (Fsp3) is 0.556. The Balaban J connectivity index is 1.69. The summed E-state index contributed by atoms with van der Waals surface area (Å²) < 4.78 is 45.4. The highest BCUT2D eigenvalue weighted by Crippen LogP contribution is 2.37. The Morgan fingerprint density at radius 3 is 2.41 bits per heavy atom. The van der Waals surface area contributed by atoms with Gasteiger partial charge in [0, 0.05) is 13.0 Å². The maximum absolute atomic E-state index is 13.2. The van der Waals surface area contributed by atoms with E-state index in [4.69, 9.17) is 14.0 Å². The lowest BCUT2D eigenvalue weighted by Crippen LogP contribution is -2.46. The molecule has 1 fully saturated rings. The van der Waals surface area contributed by atoms with E-state index >= 15 is 0 Å². The summed E-state index contributed by atoms with van der Waals surface area (Å²) >= 11 is 0. The van der Waals surface area contributed by atoms with Crippen LogP contribution in [0.3, 0.4) is 0 Å². The number of rotatable bonds is 4. The minimum Gasteiger partial charge on any atom is -0.486 e. The van der Waals surface area contributed by atoms with Crippen molar-refractivity contribution in [2.45, 2.75) is 55.9 Å². The summed E-state index contributed by atoms with van der Waals surface area (Å²) in [5.41, 5.74) is -0.861. The molecule has 1 aromatic heterocycles. The molecular weight excluding hydrogens is 370 g/mol. The van der Waals surface area contributed by atoms with Gasteiger partial charge in [0.25, 0.3) is 0 Å². The van der Waals surface area contributed by atoms with Gasteiger partial charge in [-0.25, -0.2) is 8.42 Å². The molecule has 0 amide bonds. The fourth-order valence-electron chi connectivity index (χ4n) is 3.70. The van der Waals surface area contributed by atoms with Crippen LogP contribution in [-0.2, 0) is 15.6 Å². The second-order valence-corrected chi connectivity index (χ2v) is 8.73. The Hall–Kier alpha value is -2.13. The van der Waals surface area contributed by atoms with Crippen LogP contribution in [0.5, 0.6) is 11.5 Å². The van der Waals surface area contributed by atoms with E-state index in [0.29, 0.717) is 49.3 Å². The average Bonchev–Trinajstić information content (AvgIpc) is 2.97. The van der Waals surface area contributed by atoms with Crippen molar-refractivity contribution in [3.63, 3.8) is 0 Å². The Labute approximate surface area is 158 Å². The molecule has 1 aromatic carbocycles. The molecule has 0 bridgehead atoms. The summed E-state index contributed by atoms with van der Waals surface area (Å²) in [6.07, 6.45) is 5.19. The van der Waals surface area contributed by atoms with Gasteiger partial charge in [0.1, 0.15) is 13.2 Å². The lowest BCUT2D eigenvalue weighted by Gasteiger charge is -2.30. The van der Waals surface area contributed by atoms with Gasteiger partial charge in [0.15, 0.2) is 17.3 Å². The molecule has 1 saturated carbocycles. The zero-order chi connectivity index (χ0) is 18.9. The summed E-state index contributed by atoms with van der Waals surface area (Å²) in [6, 6.07) is 4.66. The van der Waals surface area contributed by atoms with Crippen LogP contribution in [0.15, 0.2) is 27.6 Å². The quantitative estimate of drug-likeness (QED) is 0.797. The van der Waals surface area contributed by atoms with Crippen LogP contribution < -0.4 is 14.2 Å². The van der Waals surface area contributed by atoms with Gasteiger partial charge in [-0.1, -0.05) is 30.8 Å². The van der Waals surface area contributed by atoms with Crippen LogP contribution in [0, 0.1) is 6.92 Å². The zero-order valence-electron chi connectivity index (χ0n) is 15.2. The maximum Gasteiger partial charge on any atom is 0.241 e. The Morgan fingerprint density at radius 1 is 1.04 bits per heavy atom. The molecule has 0 saturated heterocycles. The highest BCUT2D eigenvalue weighted by molar-refractivity contribution is 7.89. The zero-order valence-corrected chi connectivity index (χ0v) is 16.0. The van der Waals surface area contributed by atoms with Crippen LogP contribution >= 0.6 is 0 Å². The number of hydrogen-bond donors (Lipinski definition) is 1. The predicted molar refractivity (Wildman–Crippen MR) is 96.2 cm³/mol. The molecule has 1 aliphatic carbocycles. The van der Waals surface area contributed by atoms with Crippen molar-refractivity contribution in [1.82, 2.24) is 14.9 Å². The summed E-state index contributed by atoms with van der Waals surface area (Å²) in [6.45, 7) is 2.56. The number of nitrogens with zero attached hydrogens (tertiary/aromatic N) is 2. The Kier molecular flexibility index (Phi) is 4.81. The monoisotopic (exact) mass is 393 g/mol. The highest BCUT2D eigenvalue weighted by atomic mass is 32.2. The van der Waals surface area contributed by atoms with Crippen LogP contribution in [0.25, 0.3) is 0 Å². The van der Waals surface area contributed by atoms with Crippen LogP contribution in [0.1, 0.15) is 50.2 Å². The SMILES string of the molecule is Cc1nc(C2(NS(=O)(=O)c3ccc4c(c3)OCCO4)CCCCCC2)no1. The van der Waals surface area contributed by atoms with Crippen molar-refractivity contribution in [1.29, 1.82) is 0 Å². The lowest BCUT2D eigenvalue weighted by atomic mass is 9.91. The van der Waals surface area contributed by atoms with Gasteiger partial charge < -0.3 is 14.0 Å². The third-order valence-corrected chi connectivity index (χ3v) is 6.60. The summed E-state index contributed by atoms with van der Waals surface area (Å²) in [5, 5.41) is 4.04. The van der Waals surface area contributed by atoms with Gasteiger partial charge in [-0.3, -0.25) is 0 Å². The molecule has 2 aliphatic rings. The molecule has 0 spiro atoms. The maximum atomic E-state index is 13.2. The largest absolute Gasteiger partial charge is 0.486 e. The molecule has 2 aromatic rings. The van der Waals surface area contributed by atoms with Crippen molar-refractivity contribution in [3.8, 4) is 11.5 Å². The van der Waals surface area contributed by atoms with Crippen molar-refractivity contribution in [3.05, 3.63) is 29.9 Å². The molecule has 0 radical (unpaired) electrons. The highest BCUT2D eigenvalue weighted by Gasteiger charge is 2.41. The molecular formula is C18H23N3O5S. The number of nitrogens with one attached hydrogen (secondary N) is 1. The summed E-state index contributed by atoms with van der Waals surface area (Å²) in [5.74, 6) is 1.82. The smallest absolute Gasteiger partial charge is 0.241 e. The van der Waals surface area contributed by atoms with Gasteiger partial charge in [0.05, 0.1) is 10.4 Å². The molecule has 146 valence electrons. The van der Waals surface area contributed by atoms with E-state index in [-0.39, 0.29) is 4.90 Å². The van der Waals surface area contributed by atoms with Gasteiger partial charge in [-0.2, -0.15) is 9.71 Å². The van der Waals surface area contributed by atoms with E-state index in [1.54, 1.807) is 13.0 Å². The molecule has 1 aliphatic heterocycles. The minimum atomic E-state index is -3.81. The summed E-state index contributed by atoms with van der Waals surface area (Å²) in [4.78, 5) is 4.48. The topological polar surface area (TPSA) is 104 Å². The van der Waals surface area contributed by atoms with Crippen LogP contribution in [-0.4, -0.2) is 31.8 Å². The standard InChI is InChI=1S/C18H23N3O5S/c1-13-19-17(20-26-13)18(8-4-2-3-5-9-18)21-27(22,23)14-6-7-15-16(12-14)25-11-10-24-15/h6-7,12,21H,2-5,8-11H2,1H3. The molecule has 8 nitrogen and oxygen atoms in total. The van der Waals surface area contributed by atoms with Crippen molar-refractivity contribution < 1.29 is 22.4 Å². The number of benzene rings is 1. The number of hydrogen-bond acceptors (Lipinski definition) is 7. The minimum absolute atomic E-state index is 0.135. The Morgan fingerprint density at radius 2 is 1.74 bits per heavy atom. The van der Waals surface area contributed by atoms with E-state index in [2.05, 4.69) is 14.9 Å². The first kappa shape index (κ1) is 18.2. The van der Waals surface area contributed by atoms with E-state index in [1.165, 1.54) is 12.1 Å². The second-order valence-electron chi connectivity index (χ2n) is 7.04. The number of sulfonamides is 1. The predicted octanol–water partition coefficient (Wildman–Crippen LogP) is 2.68. The molecule has 2 heterocycles. The number of aryl methyl sites for hydroxylation is 1. The molecule has 1 N–H and O–H groups in total. The van der Waals surface area contributed by atoms with Crippen molar-refractivity contribution in [2.75, 3.05) is 13.2 Å². The molecule has 9 heteroatoms. The number of fused-ring (bicyclic) bond motifs is 1. The van der Waals surface area contributed by atoms with Gasteiger partial charge in [-0.05, 0) is 25.0 Å². The average molecular weight is 393 g/mol. The fourth-order valence-corrected chi connectivity index (χ4v) is 5.14. The second kappa shape index (κ2) is 7.12. The Bertz CT molecular complexity index is 917. The molecule has 27 heavy (non-hydrogen) atoms. The third kappa shape index (κ3) is 3.66. The molecule has 0 unspecified atom stereocenters.